The molecule has 0 bridgehead atoms. The van der Waals surface area contributed by atoms with Gasteiger partial charge in [0.05, 0.1) is 18.9 Å². The highest BCUT2D eigenvalue weighted by atomic mass is 32.2. The fraction of sp³-hybridized carbons (Fsp3) is 0.333. The summed E-state index contributed by atoms with van der Waals surface area (Å²) in [5.74, 6) is 2.41. The molecule has 24 heavy (non-hydrogen) atoms. The minimum Gasteiger partial charge on any atom is -0.461 e. The number of furan rings is 1. The predicted octanol–water partition coefficient (Wildman–Crippen LogP) is 3.86. The van der Waals surface area contributed by atoms with Gasteiger partial charge in [-0.15, -0.1) is 10.2 Å². The van der Waals surface area contributed by atoms with E-state index in [0.29, 0.717) is 6.10 Å². The number of hydrogen-bond acceptors (Lipinski definition) is 5. The second kappa shape index (κ2) is 7.23. The molecule has 124 valence electrons. The Hall–Kier alpha value is -2.05. The van der Waals surface area contributed by atoms with Gasteiger partial charge in [0.1, 0.15) is 0 Å². The van der Waals surface area contributed by atoms with Crippen LogP contribution in [-0.2, 0) is 11.3 Å². The van der Waals surface area contributed by atoms with Crippen LogP contribution in [0.2, 0.25) is 0 Å². The van der Waals surface area contributed by atoms with E-state index in [9.17, 15) is 0 Å². The van der Waals surface area contributed by atoms with Gasteiger partial charge in [-0.05, 0) is 30.5 Å². The van der Waals surface area contributed by atoms with Gasteiger partial charge in [0.25, 0.3) is 0 Å². The largest absolute Gasteiger partial charge is 0.461 e. The molecule has 4 rings (SSSR count). The van der Waals surface area contributed by atoms with Crippen LogP contribution in [0.4, 0.5) is 0 Å². The van der Waals surface area contributed by atoms with Crippen LogP contribution in [0.1, 0.15) is 18.4 Å². The third kappa shape index (κ3) is 3.39. The highest BCUT2D eigenvalue weighted by Gasteiger charge is 2.20. The lowest BCUT2D eigenvalue weighted by Crippen LogP contribution is -2.10. The number of nitrogens with zero attached hydrogens (tertiary/aromatic N) is 3. The Bertz CT molecular complexity index is 765. The molecular weight excluding hydrogens is 322 g/mol. The van der Waals surface area contributed by atoms with Gasteiger partial charge < -0.3 is 9.15 Å². The maximum atomic E-state index is 5.72. The van der Waals surface area contributed by atoms with Gasteiger partial charge in [0, 0.05) is 12.4 Å². The van der Waals surface area contributed by atoms with Crippen molar-refractivity contribution in [2.75, 3.05) is 12.4 Å². The molecular formula is C18H19N3O2S. The van der Waals surface area contributed by atoms with E-state index in [2.05, 4.69) is 26.9 Å². The molecule has 1 aliphatic rings. The molecule has 0 aliphatic carbocycles. The summed E-state index contributed by atoms with van der Waals surface area (Å²) in [6.07, 6.45) is 4.27. The molecule has 3 heterocycles. The lowest BCUT2D eigenvalue weighted by atomic mass is 10.2. The molecule has 1 unspecified atom stereocenters. The fourth-order valence-electron chi connectivity index (χ4n) is 2.84. The molecule has 5 nitrogen and oxygen atoms in total. The van der Waals surface area contributed by atoms with E-state index in [1.165, 1.54) is 5.56 Å². The van der Waals surface area contributed by atoms with Gasteiger partial charge in [0.2, 0.25) is 5.82 Å². The molecule has 6 heteroatoms. The Morgan fingerprint density at radius 3 is 2.79 bits per heavy atom. The van der Waals surface area contributed by atoms with Crippen LogP contribution in [0, 0.1) is 0 Å². The first-order valence-corrected chi connectivity index (χ1v) is 9.14. The van der Waals surface area contributed by atoms with Gasteiger partial charge >= 0.3 is 0 Å². The molecule has 2 aromatic heterocycles. The van der Waals surface area contributed by atoms with Crippen molar-refractivity contribution in [3.8, 4) is 11.6 Å². The fourth-order valence-corrected chi connectivity index (χ4v) is 3.84. The number of rotatable bonds is 6. The number of hydrogen-bond donors (Lipinski definition) is 0. The average Bonchev–Trinajstić information content (AvgIpc) is 3.36. The summed E-state index contributed by atoms with van der Waals surface area (Å²) < 4.78 is 13.4. The Balaban J connectivity index is 1.60. The van der Waals surface area contributed by atoms with E-state index in [4.69, 9.17) is 9.15 Å². The van der Waals surface area contributed by atoms with Crippen molar-refractivity contribution in [2.24, 2.45) is 0 Å². The van der Waals surface area contributed by atoms with Crippen molar-refractivity contribution in [1.29, 1.82) is 0 Å². The van der Waals surface area contributed by atoms with Crippen molar-refractivity contribution in [3.63, 3.8) is 0 Å². The van der Waals surface area contributed by atoms with Crippen molar-refractivity contribution in [3.05, 3.63) is 54.3 Å². The molecule has 1 aliphatic heterocycles. The monoisotopic (exact) mass is 341 g/mol. The molecule has 1 aromatic carbocycles. The second-order valence-corrected chi connectivity index (χ2v) is 6.79. The second-order valence-electron chi connectivity index (χ2n) is 5.80. The molecule has 1 saturated heterocycles. The summed E-state index contributed by atoms with van der Waals surface area (Å²) in [5.41, 5.74) is 1.21. The highest BCUT2D eigenvalue weighted by Crippen LogP contribution is 2.27. The van der Waals surface area contributed by atoms with E-state index in [-0.39, 0.29) is 0 Å². The minimum atomic E-state index is 0.323. The molecule has 0 N–H and O–H groups in total. The summed E-state index contributed by atoms with van der Waals surface area (Å²) in [7, 11) is 0. The molecule has 3 aromatic rings. The third-order valence-corrected chi connectivity index (χ3v) is 5.16. The quantitative estimate of drug-likeness (QED) is 0.637. The van der Waals surface area contributed by atoms with E-state index in [1.54, 1.807) is 18.0 Å². The Kier molecular flexibility index (Phi) is 4.66. The van der Waals surface area contributed by atoms with Crippen LogP contribution in [0.25, 0.3) is 11.6 Å². The first-order chi connectivity index (χ1) is 11.9. The number of aromatic nitrogens is 3. The maximum Gasteiger partial charge on any atom is 0.200 e. The standard InChI is InChI=1S/C18H19N3O2S/c1-2-6-14(7-3-1)12-21-17(16-9-5-11-23-16)19-20-18(21)24-13-15-8-4-10-22-15/h1-3,5-7,9,11,15H,4,8,10,12-13H2. The first-order valence-electron chi connectivity index (χ1n) is 8.15. The molecule has 0 saturated carbocycles. The minimum absolute atomic E-state index is 0.323. The Morgan fingerprint density at radius 2 is 2.04 bits per heavy atom. The highest BCUT2D eigenvalue weighted by molar-refractivity contribution is 7.99. The van der Waals surface area contributed by atoms with E-state index in [1.807, 2.05) is 30.3 Å². The van der Waals surface area contributed by atoms with Gasteiger partial charge in [-0.1, -0.05) is 42.1 Å². The summed E-state index contributed by atoms with van der Waals surface area (Å²) in [4.78, 5) is 0. The maximum absolute atomic E-state index is 5.72. The Morgan fingerprint density at radius 1 is 1.12 bits per heavy atom. The third-order valence-electron chi connectivity index (χ3n) is 4.06. The van der Waals surface area contributed by atoms with Gasteiger partial charge in [-0.2, -0.15) is 0 Å². The van der Waals surface area contributed by atoms with Crippen LogP contribution >= 0.6 is 11.8 Å². The van der Waals surface area contributed by atoms with Crippen LogP contribution in [0.5, 0.6) is 0 Å². The predicted molar refractivity (Wildman–Crippen MR) is 93.0 cm³/mol. The van der Waals surface area contributed by atoms with Crippen LogP contribution < -0.4 is 0 Å². The van der Waals surface area contributed by atoms with Crippen LogP contribution in [0.15, 0.2) is 58.3 Å². The van der Waals surface area contributed by atoms with E-state index < -0.39 is 0 Å². The smallest absolute Gasteiger partial charge is 0.200 e. The topological polar surface area (TPSA) is 53.1 Å². The molecule has 0 radical (unpaired) electrons. The van der Waals surface area contributed by atoms with Gasteiger partial charge in [-0.25, -0.2) is 0 Å². The van der Waals surface area contributed by atoms with E-state index in [0.717, 1.165) is 48.5 Å². The van der Waals surface area contributed by atoms with Gasteiger partial charge in [0.15, 0.2) is 10.9 Å². The van der Waals surface area contributed by atoms with Gasteiger partial charge in [-0.3, -0.25) is 4.57 Å². The number of benzene rings is 1. The lowest BCUT2D eigenvalue weighted by Gasteiger charge is -2.11. The lowest BCUT2D eigenvalue weighted by molar-refractivity contribution is 0.129. The SMILES string of the molecule is c1ccc(Cn2c(SCC3CCCO3)nnc2-c2ccco2)cc1. The number of thioether (sulfide) groups is 1. The van der Waals surface area contributed by atoms with Crippen molar-refractivity contribution < 1.29 is 9.15 Å². The van der Waals surface area contributed by atoms with Crippen molar-refractivity contribution in [2.45, 2.75) is 30.6 Å². The van der Waals surface area contributed by atoms with Crippen molar-refractivity contribution in [1.82, 2.24) is 14.8 Å². The normalized spacial score (nSPS) is 17.4. The average molecular weight is 341 g/mol. The Labute approximate surface area is 145 Å². The van der Waals surface area contributed by atoms with E-state index >= 15 is 0 Å². The molecule has 0 amide bonds. The zero-order valence-electron chi connectivity index (χ0n) is 13.3. The summed E-state index contributed by atoms with van der Waals surface area (Å²) in [6, 6.07) is 14.1. The summed E-state index contributed by atoms with van der Waals surface area (Å²) in [6.45, 7) is 1.59. The molecule has 0 spiro atoms. The zero-order chi connectivity index (χ0) is 16.2. The van der Waals surface area contributed by atoms with Crippen molar-refractivity contribution >= 4 is 11.8 Å². The van der Waals surface area contributed by atoms with Crippen LogP contribution in [0.3, 0.4) is 0 Å². The summed E-state index contributed by atoms with van der Waals surface area (Å²) >= 11 is 1.70. The first kappa shape index (κ1) is 15.5. The zero-order valence-corrected chi connectivity index (χ0v) is 14.1. The summed E-state index contributed by atoms with van der Waals surface area (Å²) in [5, 5.41) is 9.65. The number of ether oxygens (including phenoxy) is 1. The van der Waals surface area contributed by atoms with Crippen LogP contribution in [-0.4, -0.2) is 33.2 Å². The molecule has 1 fully saturated rings. The molecule has 1 atom stereocenters.